The van der Waals surface area contributed by atoms with Crippen molar-refractivity contribution in [3.05, 3.63) is 49.7 Å². The molecule has 0 spiro atoms. The molecule has 3 heterocycles. The van der Waals surface area contributed by atoms with Gasteiger partial charge in [0.05, 0.1) is 5.56 Å². The zero-order valence-corrected chi connectivity index (χ0v) is 18.9. The molecule has 0 aromatic carbocycles. The quantitative estimate of drug-likeness (QED) is 0.604. The van der Waals surface area contributed by atoms with E-state index < -0.39 is 0 Å². The SMILES string of the molecule is CC1(C)CC(=O)C2=C(C1)N(c1sc3c(c1C#N)CCCC3)C(=O)C[C@H]2c1ccsc1. The number of Topliss-reactive ketones (excluding diaryl/α,β-unsaturated/α-hetero) is 1. The first-order chi connectivity index (χ1) is 14.4. The number of thiophene rings is 2. The topological polar surface area (TPSA) is 61.2 Å². The summed E-state index contributed by atoms with van der Waals surface area (Å²) in [6.45, 7) is 4.19. The lowest BCUT2D eigenvalue weighted by molar-refractivity contribution is -0.120. The smallest absolute Gasteiger partial charge is 0.232 e. The molecule has 2 aromatic heterocycles. The summed E-state index contributed by atoms with van der Waals surface area (Å²) in [5.41, 5.74) is 4.26. The second-order valence-corrected chi connectivity index (χ2v) is 11.2. The highest BCUT2D eigenvalue weighted by atomic mass is 32.1. The number of rotatable bonds is 2. The molecule has 0 saturated carbocycles. The Morgan fingerprint density at radius 3 is 2.73 bits per heavy atom. The van der Waals surface area contributed by atoms with Gasteiger partial charge in [0.2, 0.25) is 5.91 Å². The lowest BCUT2D eigenvalue weighted by Crippen LogP contribution is -2.43. The van der Waals surface area contributed by atoms with E-state index >= 15 is 0 Å². The fraction of sp³-hybridized carbons (Fsp3) is 0.458. The van der Waals surface area contributed by atoms with Gasteiger partial charge in [-0.3, -0.25) is 14.5 Å². The highest BCUT2D eigenvalue weighted by Gasteiger charge is 2.45. The molecule has 0 unspecified atom stereocenters. The van der Waals surface area contributed by atoms with Crippen molar-refractivity contribution < 1.29 is 9.59 Å². The Hall–Kier alpha value is -2.23. The minimum Gasteiger partial charge on any atom is -0.294 e. The number of ketones is 1. The molecule has 2 aromatic rings. The fourth-order valence-electron chi connectivity index (χ4n) is 5.23. The third-order valence-corrected chi connectivity index (χ3v) is 8.53. The van der Waals surface area contributed by atoms with Crippen molar-refractivity contribution >= 4 is 39.4 Å². The predicted octanol–water partition coefficient (Wildman–Crippen LogP) is 5.72. The second kappa shape index (κ2) is 7.18. The van der Waals surface area contributed by atoms with Gasteiger partial charge in [-0.25, -0.2) is 0 Å². The van der Waals surface area contributed by atoms with E-state index in [1.165, 1.54) is 4.88 Å². The molecule has 2 aliphatic carbocycles. The van der Waals surface area contributed by atoms with Gasteiger partial charge in [0.25, 0.3) is 0 Å². The monoisotopic (exact) mass is 436 g/mol. The number of carbonyl (C=O) groups excluding carboxylic acids is 2. The highest BCUT2D eigenvalue weighted by Crippen LogP contribution is 2.51. The van der Waals surface area contributed by atoms with Crippen LogP contribution in [0.2, 0.25) is 0 Å². The first-order valence-corrected chi connectivity index (χ1v) is 12.3. The summed E-state index contributed by atoms with van der Waals surface area (Å²) in [4.78, 5) is 29.9. The molecule has 3 aliphatic rings. The molecule has 0 fully saturated rings. The van der Waals surface area contributed by atoms with Crippen molar-refractivity contribution in [2.45, 2.75) is 64.7 Å². The summed E-state index contributed by atoms with van der Waals surface area (Å²) < 4.78 is 0. The van der Waals surface area contributed by atoms with E-state index in [1.54, 1.807) is 27.6 Å². The molecule has 6 heteroatoms. The van der Waals surface area contributed by atoms with E-state index in [0.29, 0.717) is 18.4 Å². The van der Waals surface area contributed by atoms with Gasteiger partial charge < -0.3 is 0 Å². The third kappa shape index (κ3) is 3.07. The van der Waals surface area contributed by atoms with E-state index in [2.05, 4.69) is 25.3 Å². The minimum atomic E-state index is -0.200. The molecular weight excluding hydrogens is 412 g/mol. The number of hydrogen-bond donors (Lipinski definition) is 0. The Morgan fingerprint density at radius 2 is 2.00 bits per heavy atom. The van der Waals surface area contributed by atoms with Crippen molar-refractivity contribution in [2.75, 3.05) is 4.90 Å². The molecule has 0 saturated heterocycles. The number of anilines is 1. The van der Waals surface area contributed by atoms with Crippen LogP contribution in [0.25, 0.3) is 0 Å². The van der Waals surface area contributed by atoms with Crippen LogP contribution in [0.5, 0.6) is 0 Å². The predicted molar refractivity (Wildman–Crippen MR) is 120 cm³/mol. The van der Waals surface area contributed by atoms with Gasteiger partial charge >= 0.3 is 0 Å². The largest absolute Gasteiger partial charge is 0.294 e. The molecule has 4 nitrogen and oxygen atoms in total. The lowest BCUT2D eigenvalue weighted by Gasteiger charge is -2.42. The van der Waals surface area contributed by atoms with Crippen LogP contribution in [0.15, 0.2) is 28.1 Å². The highest BCUT2D eigenvalue weighted by molar-refractivity contribution is 7.16. The summed E-state index contributed by atoms with van der Waals surface area (Å²) in [5.74, 6) is -0.0148. The van der Waals surface area contributed by atoms with Gasteiger partial charge in [-0.1, -0.05) is 13.8 Å². The van der Waals surface area contributed by atoms with Crippen LogP contribution in [0, 0.1) is 16.7 Å². The van der Waals surface area contributed by atoms with Gasteiger partial charge in [-0.05, 0) is 65.5 Å². The van der Waals surface area contributed by atoms with Crippen LogP contribution < -0.4 is 4.90 Å². The van der Waals surface area contributed by atoms with Crippen LogP contribution >= 0.6 is 22.7 Å². The van der Waals surface area contributed by atoms with Crippen LogP contribution in [-0.4, -0.2) is 11.7 Å². The summed E-state index contributed by atoms with van der Waals surface area (Å²) in [7, 11) is 0. The average molecular weight is 437 g/mol. The Morgan fingerprint density at radius 1 is 1.20 bits per heavy atom. The van der Waals surface area contributed by atoms with Gasteiger partial charge in [0.15, 0.2) is 5.78 Å². The van der Waals surface area contributed by atoms with Crippen LogP contribution in [0.4, 0.5) is 5.00 Å². The summed E-state index contributed by atoms with van der Waals surface area (Å²) in [5, 5.41) is 14.8. The van der Waals surface area contributed by atoms with Crippen molar-refractivity contribution in [3.63, 3.8) is 0 Å². The molecule has 0 bridgehead atoms. The second-order valence-electron chi connectivity index (χ2n) is 9.35. The Balaban J connectivity index is 1.71. The molecule has 5 rings (SSSR count). The number of aryl methyl sites for hydroxylation is 1. The average Bonchev–Trinajstić information content (AvgIpc) is 3.33. The van der Waals surface area contributed by atoms with E-state index in [-0.39, 0.29) is 29.4 Å². The van der Waals surface area contributed by atoms with Gasteiger partial charge in [-0.15, -0.1) is 11.3 Å². The van der Waals surface area contributed by atoms with Crippen molar-refractivity contribution in [2.24, 2.45) is 5.41 Å². The summed E-state index contributed by atoms with van der Waals surface area (Å²) in [6, 6.07) is 4.43. The molecule has 30 heavy (non-hydrogen) atoms. The number of hydrogen-bond acceptors (Lipinski definition) is 5. The van der Waals surface area contributed by atoms with E-state index in [9.17, 15) is 14.9 Å². The normalized spacial score (nSPS) is 23.2. The maximum Gasteiger partial charge on any atom is 0.232 e. The van der Waals surface area contributed by atoms with Crippen molar-refractivity contribution in [1.29, 1.82) is 5.26 Å². The van der Waals surface area contributed by atoms with Gasteiger partial charge in [-0.2, -0.15) is 16.6 Å². The molecule has 0 N–H and O–H groups in total. The fourth-order valence-corrected chi connectivity index (χ4v) is 7.33. The summed E-state index contributed by atoms with van der Waals surface area (Å²) >= 11 is 3.19. The Kier molecular flexibility index (Phi) is 4.72. The first-order valence-electron chi connectivity index (χ1n) is 10.6. The number of allylic oxidation sites excluding steroid dienone is 2. The van der Waals surface area contributed by atoms with Crippen LogP contribution in [0.3, 0.4) is 0 Å². The zero-order chi connectivity index (χ0) is 21.0. The number of amides is 1. The minimum absolute atomic E-state index is 0.00514. The first kappa shape index (κ1) is 19.7. The van der Waals surface area contributed by atoms with E-state index in [4.69, 9.17) is 0 Å². The number of nitrogens with zero attached hydrogens (tertiary/aromatic N) is 2. The van der Waals surface area contributed by atoms with E-state index in [1.807, 2.05) is 11.4 Å². The standard InChI is InChI=1S/C24H24N2O2S2/c1-24(2)10-18-22(19(27)11-24)16(14-7-8-29-13-14)9-21(28)26(18)23-17(12-25)15-5-3-4-6-20(15)30-23/h7-8,13,16H,3-6,9-11H2,1-2H3/t16-/m0/s1. The van der Waals surface area contributed by atoms with Crippen LogP contribution in [0.1, 0.15) is 73.4 Å². The zero-order valence-electron chi connectivity index (χ0n) is 17.3. The molecule has 1 amide bonds. The van der Waals surface area contributed by atoms with Crippen molar-refractivity contribution in [3.8, 4) is 6.07 Å². The molecule has 1 aliphatic heterocycles. The maximum atomic E-state index is 13.5. The number of carbonyl (C=O) groups is 2. The van der Waals surface area contributed by atoms with E-state index in [0.717, 1.165) is 53.1 Å². The van der Waals surface area contributed by atoms with Gasteiger partial charge in [0.1, 0.15) is 11.1 Å². The van der Waals surface area contributed by atoms with Gasteiger partial charge in [0, 0.05) is 34.9 Å². The Bertz CT molecular complexity index is 1120. The summed E-state index contributed by atoms with van der Waals surface area (Å²) in [6.07, 6.45) is 5.57. The van der Waals surface area contributed by atoms with Crippen molar-refractivity contribution in [1.82, 2.24) is 0 Å². The molecule has 154 valence electrons. The van der Waals surface area contributed by atoms with Crippen LogP contribution in [-0.2, 0) is 22.4 Å². The maximum absolute atomic E-state index is 13.5. The lowest BCUT2D eigenvalue weighted by atomic mass is 9.69. The number of fused-ring (bicyclic) bond motifs is 1. The molecule has 1 atom stereocenters. The molecule has 0 radical (unpaired) electrons. The third-order valence-electron chi connectivity index (χ3n) is 6.56. The number of nitriles is 1. The Labute approximate surface area is 184 Å². The molecular formula is C24H24N2O2S2.